The summed E-state index contributed by atoms with van der Waals surface area (Å²) >= 11 is 1.54. The molecule has 3 heterocycles. The number of thiazole rings is 1. The van der Waals surface area contributed by atoms with Gasteiger partial charge >= 0.3 is 0 Å². The van der Waals surface area contributed by atoms with E-state index in [0.29, 0.717) is 0 Å². The summed E-state index contributed by atoms with van der Waals surface area (Å²) in [5, 5.41) is 10.9. The molecule has 0 bridgehead atoms. The fourth-order valence-corrected chi connectivity index (χ4v) is 3.88. The van der Waals surface area contributed by atoms with Crippen LogP contribution in [0.2, 0.25) is 0 Å². The Morgan fingerprint density at radius 1 is 1.18 bits per heavy atom. The number of anilines is 1. The summed E-state index contributed by atoms with van der Waals surface area (Å²) in [5.41, 5.74) is 2.59. The van der Waals surface area contributed by atoms with Crippen molar-refractivity contribution in [2.75, 3.05) is 18.0 Å². The first-order valence-corrected chi connectivity index (χ1v) is 8.68. The summed E-state index contributed by atoms with van der Waals surface area (Å²) in [7, 11) is 0. The Hall–Kier alpha value is -1.53. The van der Waals surface area contributed by atoms with Crippen LogP contribution in [0.15, 0.2) is 6.20 Å². The molecule has 1 N–H and O–H groups in total. The van der Waals surface area contributed by atoms with Gasteiger partial charge in [-0.15, -0.1) is 11.3 Å². The number of rotatable bonds is 3. The van der Waals surface area contributed by atoms with Crippen molar-refractivity contribution < 1.29 is 5.11 Å². The number of nitrogens with zero attached hydrogens (tertiary/aromatic N) is 4. The van der Waals surface area contributed by atoms with Crippen LogP contribution in [0.5, 0.6) is 0 Å². The van der Waals surface area contributed by atoms with Crippen molar-refractivity contribution in [1.29, 1.82) is 0 Å². The molecule has 0 unspecified atom stereocenters. The maximum Gasteiger partial charge on any atom is 0.226 e. The van der Waals surface area contributed by atoms with E-state index in [1.54, 1.807) is 13.8 Å². The molecular weight excluding hydrogens is 296 g/mol. The molecule has 2 aromatic heterocycles. The van der Waals surface area contributed by atoms with Crippen molar-refractivity contribution >= 4 is 17.3 Å². The van der Waals surface area contributed by atoms with Gasteiger partial charge in [-0.25, -0.2) is 15.0 Å². The summed E-state index contributed by atoms with van der Waals surface area (Å²) in [5.74, 6) is 0.861. The number of hydrogen-bond acceptors (Lipinski definition) is 6. The van der Waals surface area contributed by atoms with Crippen molar-refractivity contribution in [2.24, 2.45) is 0 Å². The summed E-state index contributed by atoms with van der Waals surface area (Å²) < 4.78 is 0. The van der Waals surface area contributed by atoms with Gasteiger partial charge in [-0.05, 0) is 39.5 Å². The maximum atomic E-state index is 10.1. The zero-order chi connectivity index (χ0) is 15.3. The molecule has 1 saturated heterocycles. The minimum absolute atomic E-state index is 0.735. The van der Waals surface area contributed by atoms with Gasteiger partial charge in [0.25, 0.3) is 0 Å². The first-order chi connectivity index (χ1) is 10.5. The van der Waals surface area contributed by atoms with Crippen molar-refractivity contribution in [1.82, 2.24) is 15.0 Å². The van der Waals surface area contributed by atoms with E-state index in [0.717, 1.165) is 53.9 Å². The maximum absolute atomic E-state index is 10.1. The topological polar surface area (TPSA) is 62.1 Å². The highest BCUT2D eigenvalue weighted by molar-refractivity contribution is 7.15. The van der Waals surface area contributed by atoms with Crippen LogP contribution in [0.4, 0.5) is 5.95 Å². The average molecular weight is 316 g/mol. The smallest absolute Gasteiger partial charge is 0.226 e. The van der Waals surface area contributed by atoms with Crippen LogP contribution < -0.4 is 4.90 Å². The summed E-state index contributed by atoms with van der Waals surface area (Å²) in [6.45, 7) is 5.64. The lowest BCUT2D eigenvalue weighted by Crippen LogP contribution is -2.38. The molecule has 0 spiro atoms. The van der Waals surface area contributed by atoms with Crippen LogP contribution in [-0.4, -0.2) is 33.1 Å². The lowest BCUT2D eigenvalue weighted by molar-refractivity contribution is 0.0783. The highest BCUT2D eigenvalue weighted by Gasteiger charge is 2.27. The molecule has 22 heavy (non-hydrogen) atoms. The number of aryl methyl sites for hydroxylation is 1. The molecule has 1 aliphatic carbocycles. The molecule has 2 aliphatic rings. The Labute approximate surface area is 134 Å². The quantitative estimate of drug-likeness (QED) is 0.943. The molecule has 1 aliphatic heterocycles. The molecule has 6 heteroatoms. The minimum Gasteiger partial charge on any atom is -0.383 e. The second-order valence-electron chi connectivity index (χ2n) is 6.58. The van der Waals surface area contributed by atoms with Crippen LogP contribution in [0.25, 0.3) is 10.6 Å². The molecule has 0 aromatic carbocycles. The molecule has 2 aromatic rings. The standard InChI is InChI=1S/C16H20N4OS/c1-16(2,21)14-17-9-12(22-14)13-10-5-3-6-11(10)18-15(19-13)20-7-4-8-20/h9,21H,3-8H2,1-2H3. The van der Waals surface area contributed by atoms with Gasteiger partial charge in [0.05, 0.1) is 10.6 Å². The molecule has 1 fully saturated rings. The Kier molecular flexibility index (Phi) is 3.20. The number of aliphatic hydroxyl groups is 1. The monoisotopic (exact) mass is 316 g/mol. The van der Waals surface area contributed by atoms with Crippen molar-refractivity contribution in [3.63, 3.8) is 0 Å². The normalized spacial score (nSPS) is 17.5. The number of hydrogen-bond donors (Lipinski definition) is 1. The highest BCUT2D eigenvalue weighted by atomic mass is 32.1. The van der Waals surface area contributed by atoms with E-state index in [-0.39, 0.29) is 0 Å². The van der Waals surface area contributed by atoms with Gasteiger partial charge < -0.3 is 10.0 Å². The SMILES string of the molecule is CC(C)(O)c1ncc(-c2nc(N3CCC3)nc3c2CCC3)s1. The first-order valence-electron chi connectivity index (χ1n) is 7.86. The summed E-state index contributed by atoms with van der Waals surface area (Å²) in [6, 6.07) is 0. The molecule has 116 valence electrons. The lowest BCUT2D eigenvalue weighted by Gasteiger charge is -2.31. The van der Waals surface area contributed by atoms with E-state index in [2.05, 4.69) is 9.88 Å². The van der Waals surface area contributed by atoms with Gasteiger partial charge in [-0.2, -0.15) is 0 Å². The largest absolute Gasteiger partial charge is 0.383 e. The van der Waals surface area contributed by atoms with Gasteiger partial charge in [0.15, 0.2) is 0 Å². The van der Waals surface area contributed by atoms with Gasteiger partial charge in [0, 0.05) is 30.5 Å². The molecule has 0 saturated carbocycles. The van der Waals surface area contributed by atoms with Crippen LogP contribution in [-0.2, 0) is 18.4 Å². The Balaban J connectivity index is 1.80. The van der Waals surface area contributed by atoms with Crippen LogP contribution in [0.1, 0.15) is 43.0 Å². The second-order valence-corrected chi connectivity index (χ2v) is 7.61. The molecule has 0 radical (unpaired) electrons. The van der Waals surface area contributed by atoms with Crippen molar-refractivity contribution in [3.05, 3.63) is 22.5 Å². The van der Waals surface area contributed by atoms with Gasteiger partial charge in [0.2, 0.25) is 5.95 Å². The van der Waals surface area contributed by atoms with E-state index in [1.165, 1.54) is 29.0 Å². The molecule has 0 atom stereocenters. The van der Waals surface area contributed by atoms with Crippen molar-refractivity contribution in [2.45, 2.75) is 45.1 Å². The predicted octanol–water partition coefficient (Wildman–Crippen LogP) is 2.53. The van der Waals surface area contributed by atoms with Crippen LogP contribution in [0.3, 0.4) is 0 Å². The number of aromatic nitrogens is 3. The number of fused-ring (bicyclic) bond motifs is 1. The third kappa shape index (κ3) is 2.30. The second kappa shape index (κ2) is 4.99. The molecule has 5 nitrogen and oxygen atoms in total. The van der Waals surface area contributed by atoms with Gasteiger partial charge in [0.1, 0.15) is 10.6 Å². The van der Waals surface area contributed by atoms with E-state index >= 15 is 0 Å². The van der Waals surface area contributed by atoms with E-state index < -0.39 is 5.60 Å². The fraction of sp³-hybridized carbons (Fsp3) is 0.562. The first kappa shape index (κ1) is 14.1. The summed E-state index contributed by atoms with van der Waals surface area (Å²) in [4.78, 5) is 17.3. The zero-order valence-corrected chi connectivity index (χ0v) is 13.8. The molecule has 0 amide bonds. The lowest BCUT2D eigenvalue weighted by atomic mass is 10.1. The fourth-order valence-electron chi connectivity index (χ4n) is 2.95. The third-order valence-corrected chi connectivity index (χ3v) is 5.64. The summed E-state index contributed by atoms with van der Waals surface area (Å²) in [6.07, 6.45) is 6.30. The Morgan fingerprint density at radius 2 is 2.00 bits per heavy atom. The highest BCUT2D eigenvalue weighted by Crippen LogP contribution is 2.37. The minimum atomic E-state index is -0.903. The van der Waals surface area contributed by atoms with E-state index in [4.69, 9.17) is 9.97 Å². The predicted molar refractivity (Wildman–Crippen MR) is 87.2 cm³/mol. The van der Waals surface area contributed by atoms with Gasteiger partial charge in [-0.3, -0.25) is 0 Å². The average Bonchev–Trinajstić information content (AvgIpc) is 3.03. The van der Waals surface area contributed by atoms with Crippen LogP contribution >= 0.6 is 11.3 Å². The van der Waals surface area contributed by atoms with E-state index in [1.807, 2.05) is 6.20 Å². The van der Waals surface area contributed by atoms with Crippen LogP contribution in [0, 0.1) is 0 Å². The zero-order valence-electron chi connectivity index (χ0n) is 13.0. The van der Waals surface area contributed by atoms with Crippen molar-refractivity contribution in [3.8, 4) is 10.6 Å². The Bertz CT molecular complexity index is 715. The molecular formula is C16H20N4OS. The Morgan fingerprint density at radius 3 is 2.64 bits per heavy atom. The van der Waals surface area contributed by atoms with Gasteiger partial charge in [-0.1, -0.05) is 0 Å². The van der Waals surface area contributed by atoms with E-state index in [9.17, 15) is 5.11 Å². The third-order valence-electron chi connectivity index (χ3n) is 4.32. The molecule has 4 rings (SSSR count).